The van der Waals surface area contributed by atoms with Gasteiger partial charge in [-0.2, -0.15) is 0 Å². The summed E-state index contributed by atoms with van der Waals surface area (Å²) in [6, 6.07) is 11.0. The Bertz CT molecular complexity index is 888. The molecule has 0 saturated heterocycles. The Kier molecular flexibility index (Phi) is 8.02. The number of halogens is 1. The maximum atomic E-state index is 12.4. The van der Waals surface area contributed by atoms with Gasteiger partial charge in [-0.1, -0.05) is 41.1 Å². The van der Waals surface area contributed by atoms with Crippen molar-refractivity contribution in [3.63, 3.8) is 0 Å². The number of amides is 2. The molecular formula is C20H21BrN2O6. The van der Waals surface area contributed by atoms with Gasteiger partial charge in [0.15, 0.2) is 6.61 Å². The molecule has 8 nitrogen and oxygen atoms in total. The van der Waals surface area contributed by atoms with Crippen LogP contribution < -0.4 is 15.4 Å². The van der Waals surface area contributed by atoms with E-state index in [2.05, 4.69) is 31.3 Å². The molecule has 3 N–H and O–H groups in total. The highest BCUT2D eigenvalue weighted by molar-refractivity contribution is 9.10. The lowest BCUT2D eigenvalue weighted by Crippen LogP contribution is -2.23. The molecule has 0 aromatic heterocycles. The van der Waals surface area contributed by atoms with Crippen LogP contribution in [0.1, 0.15) is 23.7 Å². The maximum absolute atomic E-state index is 12.4. The summed E-state index contributed by atoms with van der Waals surface area (Å²) < 4.78 is 9.97. The van der Waals surface area contributed by atoms with Gasteiger partial charge in [-0.15, -0.1) is 0 Å². The van der Waals surface area contributed by atoms with Gasteiger partial charge in [0.2, 0.25) is 5.91 Å². The molecule has 0 fully saturated rings. The van der Waals surface area contributed by atoms with Crippen molar-refractivity contribution >= 4 is 45.1 Å². The van der Waals surface area contributed by atoms with Gasteiger partial charge in [-0.25, -0.2) is 4.79 Å². The van der Waals surface area contributed by atoms with Crippen LogP contribution in [0.5, 0.6) is 11.5 Å². The smallest absolute Gasteiger partial charge is 0.343 e. The van der Waals surface area contributed by atoms with E-state index in [1.54, 1.807) is 30.3 Å². The van der Waals surface area contributed by atoms with Crippen molar-refractivity contribution in [3.8, 4) is 11.5 Å². The van der Waals surface area contributed by atoms with Crippen LogP contribution >= 0.6 is 15.9 Å². The fourth-order valence-corrected chi connectivity index (χ4v) is 2.38. The number of rotatable bonds is 8. The third-order valence-corrected chi connectivity index (χ3v) is 4.92. The second-order valence-corrected chi connectivity index (χ2v) is 7.02. The second-order valence-electron chi connectivity index (χ2n) is 5.92. The van der Waals surface area contributed by atoms with Gasteiger partial charge in [0.05, 0.1) is 23.3 Å². The van der Waals surface area contributed by atoms with Gasteiger partial charge in [-0.3, -0.25) is 9.59 Å². The molecular weight excluding hydrogens is 444 g/mol. The number of phenolic OH excluding ortho intramolecular Hbond substituents is 1. The van der Waals surface area contributed by atoms with E-state index in [0.717, 1.165) is 0 Å². The summed E-state index contributed by atoms with van der Waals surface area (Å²) in [6.45, 7) is 1.41. The Morgan fingerprint density at radius 3 is 2.41 bits per heavy atom. The molecule has 9 heteroatoms. The zero-order chi connectivity index (χ0) is 21.4. The number of nitrogens with one attached hydrogen (secondary N) is 2. The first-order valence-corrected chi connectivity index (χ1v) is 9.65. The van der Waals surface area contributed by atoms with Gasteiger partial charge in [0, 0.05) is 17.7 Å². The Morgan fingerprint density at radius 2 is 1.79 bits per heavy atom. The number of carbonyl (C=O) groups is 3. The first kappa shape index (κ1) is 22.2. The van der Waals surface area contributed by atoms with Gasteiger partial charge < -0.3 is 25.2 Å². The monoisotopic (exact) mass is 464 g/mol. The third kappa shape index (κ3) is 6.21. The van der Waals surface area contributed by atoms with Crippen LogP contribution in [0.25, 0.3) is 0 Å². The Morgan fingerprint density at radius 1 is 1.10 bits per heavy atom. The van der Waals surface area contributed by atoms with Crippen LogP contribution in [0, 0.1) is 0 Å². The summed E-state index contributed by atoms with van der Waals surface area (Å²) in [4.78, 5) is 35.5. The fourth-order valence-electron chi connectivity index (χ4n) is 2.26. The van der Waals surface area contributed by atoms with E-state index >= 15 is 0 Å². The Labute approximate surface area is 176 Å². The van der Waals surface area contributed by atoms with Crippen LogP contribution in [0.4, 0.5) is 11.4 Å². The summed E-state index contributed by atoms with van der Waals surface area (Å²) in [5.41, 5.74) is 0.598. The van der Waals surface area contributed by atoms with Crippen LogP contribution in [0.2, 0.25) is 0 Å². The number of hydrogen-bond acceptors (Lipinski definition) is 6. The molecule has 2 rings (SSSR count). The van der Waals surface area contributed by atoms with E-state index in [-0.39, 0.29) is 28.8 Å². The summed E-state index contributed by atoms with van der Waals surface area (Å²) in [6.07, 6.45) is 0.543. The zero-order valence-corrected chi connectivity index (χ0v) is 17.5. The third-order valence-electron chi connectivity index (χ3n) is 3.86. The minimum atomic E-state index is -0.628. The van der Waals surface area contributed by atoms with Crippen molar-refractivity contribution in [3.05, 3.63) is 48.0 Å². The van der Waals surface area contributed by atoms with Gasteiger partial charge in [0.25, 0.3) is 5.91 Å². The molecule has 0 heterocycles. The minimum Gasteiger partial charge on any atom is -0.506 e. The van der Waals surface area contributed by atoms with Crippen molar-refractivity contribution in [2.75, 3.05) is 24.4 Å². The maximum Gasteiger partial charge on any atom is 0.343 e. The van der Waals surface area contributed by atoms with Crippen molar-refractivity contribution in [2.45, 2.75) is 18.2 Å². The van der Waals surface area contributed by atoms with E-state index in [1.807, 2.05) is 6.92 Å². The molecule has 0 bridgehead atoms. The molecule has 2 aromatic rings. The van der Waals surface area contributed by atoms with E-state index in [0.29, 0.717) is 12.0 Å². The lowest BCUT2D eigenvalue weighted by molar-refractivity contribution is -0.142. The number of alkyl halides is 1. The number of methoxy groups -OCH3 is 1. The topological polar surface area (TPSA) is 114 Å². The molecule has 0 saturated carbocycles. The number of benzene rings is 2. The molecule has 0 spiro atoms. The highest BCUT2D eigenvalue weighted by Gasteiger charge is 2.19. The highest BCUT2D eigenvalue weighted by Crippen LogP contribution is 2.36. The number of esters is 1. The average molecular weight is 465 g/mol. The largest absolute Gasteiger partial charge is 0.506 e. The van der Waals surface area contributed by atoms with Gasteiger partial charge in [0.1, 0.15) is 11.5 Å². The second kappa shape index (κ2) is 10.5. The summed E-state index contributed by atoms with van der Waals surface area (Å²) >= 11 is 3.24. The zero-order valence-electron chi connectivity index (χ0n) is 15.9. The minimum absolute atomic E-state index is 0.0580. The Hall–Kier alpha value is -3.07. The quantitative estimate of drug-likeness (QED) is 0.313. The SMILES string of the molecule is CCC(Br)C(=O)Nc1cc(O)c(NC(=O)c2ccccc2)cc1OCC(=O)OC. The van der Waals surface area contributed by atoms with Gasteiger partial charge in [-0.05, 0) is 18.6 Å². The predicted octanol–water partition coefficient (Wildman–Crippen LogP) is 3.31. The van der Waals surface area contributed by atoms with Crippen LogP contribution in [-0.4, -0.2) is 41.4 Å². The van der Waals surface area contributed by atoms with Crippen molar-refractivity contribution in [1.29, 1.82) is 0 Å². The lowest BCUT2D eigenvalue weighted by Gasteiger charge is -2.16. The molecule has 2 aromatic carbocycles. The summed E-state index contributed by atoms with van der Waals surface area (Å²) in [5, 5.41) is 15.5. The van der Waals surface area contributed by atoms with Crippen molar-refractivity contribution < 1.29 is 29.0 Å². The molecule has 154 valence electrons. The summed E-state index contributed by atoms with van der Waals surface area (Å²) in [5.74, 6) is -1.62. The fraction of sp³-hybridized carbons (Fsp3) is 0.250. The van der Waals surface area contributed by atoms with Crippen molar-refractivity contribution in [2.24, 2.45) is 0 Å². The van der Waals surface area contributed by atoms with E-state index in [9.17, 15) is 19.5 Å². The number of anilines is 2. The predicted molar refractivity (Wildman–Crippen MR) is 112 cm³/mol. The molecule has 29 heavy (non-hydrogen) atoms. The number of carbonyl (C=O) groups excluding carboxylic acids is 3. The van der Waals surface area contributed by atoms with E-state index in [1.165, 1.54) is 19.2 Å². The standard InChI is InChI=1S/C20H21BrN2O6/c1-3-13(21)20(27)23-15-9-16(24)14(10-17(15)29-11-18(25)28-2)22-19(26)12-7-5-4-6-8-12/h4-10,13,24H,3,11H2,1-2H3,(H,22,26)(H,23,27). The molecule has 0 aliphatic heterocycles. The highest BCUT2D eigenvalue weighted by atomic mass is 79.9. The van der Waals surface area contributed by atoms with Crippen LogP contribution in [0.3, 0.4) is 0 Å². The number of phenols is 1. The van der Waals surface area contributed by atoms with Crippen molar-refractivity contribution in [1.82, 2.24) is 0 Å². The lowest BCUT2D eigenvalue weighted by atomic mass is 10.2. The number of aromatic hydroxyl groups is 1. The summed E-state index contributed by atoms with van der Waals surface area (Å²) in [7, 11) is 1.22. The molecule has 2 amide bonds. The normalized spacial score (nSPS) is 11.3. The molecule has 1 unspecified atom stereocenters. The number of ether oxygens (including phenoxy) is 2. The molecule has 0 radical (unpaired) electrons. The molecule has 0 aliphatic carbocycles. The van der Waals surface area contributed by atoms with Crippen LogP contribution in [0.15, 0.2) is 42.5 Å². The average Bonchev–Trinajstić information content (AvgIpc) is 2.74. The van der Waals surface area contributed by atoms with E-state index < -0.39 is 23.3 Å². The molecule has 0 aliphatic rings. The first-order valence-electron chi connectivity index (χ1n) is 8.73. The van der Waals surface area contributed by atoms with Gasteiger partial charge >= 0.3 is 5.97 Å². The Balaban J connectivity index is 2.31. The van der Waals surface area contributed by atoms with E-state index in [4.69, 9.17) is 4.74 Å². The number of hydrogen-bond donors (Lipinski definition) is 3. The molecule has 1 atom stereocenters. The first-order chi connectivity index (χ1) is 13.8. The van der Waals surface area contributed by atoms with Crippen LogP contribution in [-0.2, 0) is 14.3 Å².